The number of esters is 1. The summed E-state index contributed by atoms with van der Waals surface area (Å²) in [5, 5.41) is 11.5. The number of anilines is 1. The van der Waals surface area contributed by atoms with Gasteiger partial charge in [-0.05, 0) is 35.9 Å². The highest BCUT2D eigenvalue weighted by atomic mass is 35.5. The number of carbonyl (C=O) groups excluding carboxylic acids is 2. The molecule has 2 aromatic rings. The minimum Gasteiger partial charge on any atom is -0.493 e. The van der Waals surface area contributed by atoms with Crippen LogP contribution in [0.4, 0.5) is 5.82 Å². The maximum absolute atomic E-state index is 11.8. The lowest BCUT2D eigenvalue weighted by molar-refractivity contribution is -0.142. The zero-order valence-corrected chi connectivity index (χ0v) is 15.6. The van der Waals surface area contributed by atoms with Crippen LogP contribution in [0.25, 0.3) is 6.08 Å². The normalized spacial score (nSPS) is 10.2. The largest absolute Gasteiger partial charge is 0.493 e. The Kier molecular flexibility index (Phi) is 7.81. The summed E-state index contributed by atoms with van der Waals surface area (Å²) < 4.78 is 15.3. The third kappa shape index (κ3) is 6.63. The van der Waals surface area contributed by atoms with Crippen LogP contribution in [0.15, 0.2) is 42.6 Å². The van der Waals surface area contributed by atoms with Crippen LogP contribution in [0.3, 0.4) is 0 Å². The van der Waals surface area contributed by atoms with Gasteiger partial charge < -0.3 is 19.5 Å². The molecule has 0 saturated carbocycles. The Morgan fingerprint density at radius 2 is 2.11 bits per heavy atom. The van der Waals surface area contributed by atoms with Gasteiger partial charge in [-0.15, -0.1) is 0 Å². The maximum Gasteiger partial charge on any atom is 0.331 e. The number of nitrogens with one attached hydrogen (secondary N) is 1. The van der Waals surface area contributed by atoms with Crippen molar-refractivity contribution in [2.45, 2.75) is 0 Å². The van der Waals surface area contributed by atoms with Gasteiger partial charge in [0.25, 0.3) is 5.91 Å². The van der Waals surface area contributed by atoms with Crippen molar-refractivity contribution >= 4 is 35.4 Å². The van der Waals surface area contributed by atoms with E-state index >= 15 is 0 Å². The van der Waals surface area contributed by atoms with E-state index in [1.807, 2.05) is 6.07 Å². The molecule has 0 unspecified atom stereocenters. The number of nitriles is 1. The predicted molar refractivity (Wildman–Crippen MR) is 102 cm³/mol. The van der Waals surface area contributed by atoms with Gasteiger partial charge in [-0.25, -0.2) is 9.78 Å². The number of pyridine rings is 1. The van der Waals surface area contributed by atoms with Crippen molar-refractivity contribution in [3.8, 4) is 17.6 Å². The molecule has 9 heteroatoms. The molecule has 0 atom stereocenters. The predicted octanol–water partition coefficient (Wildman–Crippen LogP) is 2.84. The minimum atomic E-state index is -0.692. The van der Waals surface area contributed by atoms with E-state index in [1.165, 1.54) is 31.5 Å². The van der Waals surface area contributed by atoms with E-state index in [0.29, 0.717) is 27.9 Å². The number of halogens is 1. The number of hydrogen-bond donors (Lipinski definition) is 1. The Bertz CT molecular complexity index is 907. The zero-order valence-electron chi connectivity index (χ0n) is 14.8. The van der Waals surface area contributed by atoms with E-state index in [0.717, 1.165) is 0 Å². The van der Waals surface area contributed by atoms with Crippen LogP contribution in [-0.2, 0) is 14.3 Å². The van der Waals surface area contributed by atoms with Gasteiger partial charge in [-0.3, -0.25) is 4.79 Å². The molecule has 1 heterocycles. The maximum atomic E-state index is 11.8. The van der Waals surface area contributed by atoms with E-state index in [2.05, 4.69) is 10.3 Å². The van der Waals surface area contributed by atoms with Crippen molar-refractivity contribution in [3.05, 3.63) is 53.2 Å². The summed E-state index contributed by atoms with van der Waals surface area (Å²) in [6.45, 7) is -0.566. The summed E-state index contributed by atoms with van der Waals surface area (Å²) in [5.74, 6) is -0.0936. The van der Waals surface area contributed by atoms with E-state index < -0.39 is 18.5 Å². The Hall–Kier alpha value is -3.57. The third-order valence-corrected chi connectivity index (χ3v) is 3.46. The van der Waals surface area contributed by atoms with Crippen LogP contribution in [0, 0.1) is 11.3 Å². The molecular formula is C19H16ClN3O5. The molecular weight excluding hydrogens is 386 g/mol. The van der Waals surface area contributed by atoms with Crippen molar-refractivity contribution in [3.63, 3.8) is 0 Å². The Morgan fingerprint density at radius 3 is 2.79 bits per heavy atom. The molecule has 0 bridgehead atoms. The highest BCUT2D eigenvalue weighted by Crippen LogP contribution is 2.28. The van der Waals surface area contributed by atoms with Crippen LogP contribution in [-0.4, -0.2) is 37.2 Å². The van der Waals surface area contributed by atoms with Gasteiger partial charge in [-0.1, -0.05) is 17.7 Å². The van der Waals surface area contributed by atoms with Gasteiger partial charge >= 0.3 is 5.97 Å². The van der Waals surface area contributed by atoms with Crippen LogP contribution >= 0.6 is 11.6 Å². The standard InChI is InChI=1S/C19H16ClN3O5/c1-26-16-10-13(2-5-15(16)27-9-8-21)3-7-19(25)28-12-18(24)23-17-6-4-14(20)11-22-17/h2-7,10-11H,9,12H2,1H3,(H,22,23,24)/b7-3+. The quantitative estimate of drug-likeness (QED) is 0.534. The fourth-order valence-corrected chi connectivity index (χ4v) is 2.11. The number of ether oxygens (including phenoxy) is 3. The molecule has 1 aromatic heterocycles. The van der Waals surface area contributed by atoms with Gasteiger partial charge in [0.1, 0.15) is 11.9 Å². The molecule has 0 aliphatic carbocycles. The molecule has 0 radical (unpaired) electrons. The first-order chi connectivity index (χ1) is 13.5. The highest BCUT2D eigenvalue weighted by molar-refractivity contribution is 6.30. The molecule has 0 fully saturated rings. The van der Waals surface area contributed by atoms with Crippen LogP contribution in [0.1, 0.15) is 5.56 Å². The van der Waals surface area contributed by atoms with Crippen molar-refractivity contribution in [1.82, 2.24) is 4.98 Å². The van der Waals surface area contributed by atoms with Crippen molar-refractivity contribution in [1.29, 1.82) is 5.26 Å². The molecule has 2 rings (SSSR count). The molecule has 0 aliphatic rings. The van der Waals surface area contributed by atoms with Crippen LogP contribution < -0.4 is 14.8 Å². The Balaban J connectivity index is 1.86. The fourth-order valence-electron chi connectivity index (χ4n) is 1.99. The number of amides is 1. The summed E-state index contributed by atoms with van der Waals surface area (Å²) in [7, 11) is 1.46. The molecule has 28 heavy (non-hydrogen) atoms. The van der Waals surface area contributed by atoms with E-state index in [4.69, 9.17) is 31.1 Å². The number of nitrogens with zero attached hydrogens (tertiary/aromatic N) is 2. The summed E-state index contributed by atoms with van der Waals surface area (Å²) in [5.41, 5.74) is 0.646. The molecule has 1 N–H and O–H groups in total. The van der Waals surface area contributed by atoms with E-state index in [-0.39, 0.29) is 6.61 Å². The average molecular weight is 402 g/mol. The Labute approximate surface area is 166 Å². The molecule has 8 nitrogen and oxygen atoms in total. The lowest BCUT2D eigenvalue weighted by atomic mass is 10.2. The summed E-state index contributed by atoms with van der Waals surface area (Å²) in [6.07, 6.45) is 4.06. The van der Waals surface area contributed by atoms with Crippen LogP contribution in [0.5, 0.6) is 11.5 Å². The SMILES string of the molecule is COc1cc(/C=C/C(=O)OCC(=O)Nc2ccc(Cl)cn2)ccc1OCC#N. The minimum absolute atomic E-state index is 0.106. The number of carbonyl (C=O) groups is 2. The highest BCUT2D eigenvalue weighted by Gasteiger charge is 2.07. The van der Waals surface area contributed by atoms with E-state index in [1.54, 1.807) is 24.3 Å². The first-order valence-corrected chi connectivity index (χ1v) is 8.33. The second-order valence-electron chi connectivity index (χ2n) is 5.21. The number of rotatable bonds is 8. The third-order valence-electron chi connectivity index (χ3n) is 3.23. The molecule has 1 amide bonds. The van der Waals surface area contributed by atoms with Gasteiger partial charge in [0.05, 0.1) is 12.1 Å². The van der Waals surface area contributed by atoms with Crippen molar-refractivity contribution in [2.24, 2.45) is 0 Å². The molecule has 0 spiro atoms. The second kappa shape index (κ2) is 10.5. The first kappa shape index (κ1) is 20.7. The molecule has 144 valence electrons. The molecule has 0 aliphatic heterocycles. The summed E-state index contributed by atoms with van der Waals surface area (Å²) in [4.78, 5) is 27.4. The topological polar surface area (TPSA) is 111 Å². The van der Waals surface area contributed by atoms with Gasteiger partial charge in [0, 0.05) is 12.3 Å². The van der Waals surface area contributed by atoms with Gasteiger partial charge in [-0.2, -0.15) is 5.26 Å². The van der Waals surface area contributed by atoms with Gasteiger partial charge in [0.15, 0.2) is 24.7 Å². The summed E-state index contributed by atoms with van der Waals surface area (Å²) in [6, 6.07) is 9.90. The van der Waals surface area contributed by atoms with Crippen LogP contribution in [0.2, 0.25) is 5.02 Å². The Morgan fingerprint density at radius 1 is 1.29 bits per heavy atom. The lowest BCUT2D eigenvalue weighted by Gasteiger charge is -2.08. The summed E-state index contributed by atoms with van der Waals surface area (Å²) >= 11 is 5.71. The zero-order chi connectivity index (χ0) is 20.4. The lowest BCUT2D eigenvalue weighted by Crippen LogP contribution is -2.20. The molecule has 0 saturated heterocycles. The van der Waals surface area contributed by atoms with Gasteiger partial charge in [0.2, 0.25) is 0 Å². The monoisotopic (exact) mass is 401 g/mol. The molecule has 1 aromatic carbocycles. The van der Waals surface area contributed by atoms with E-state index in [9.17, 15) is 9.59 Å². The van der Waals surface area contributed by atoms with Crippen molar-refractivity contribution in [2.75, 3.05) is 25.6 Å². The number of benzene rings is 1. The van der Waals surface area contributed by atoms with Crippen molar-refractivity contribution < 1.29 is 23.8 Å². The number of hydrogen-bond acceptors (Lipinski definition) is 7. The second-order valence-corrected chi connectivity index (χ2v) is 5.64. The number of aromatic nitrogens is 1. The average Bonchev–Trinajstić information content (AvgIpc) is 2.71. The number of methoxy groups -OCH3 is 1. The smallest absolute Gasteiger partial charge is 0.331 e. The fraction of sp³-hybridized carbons (Fsp3) is 0.158. The first-order valence-electron chi connectivity index (χ1n) is 7.96.